The van der Waals surface area contributed by atoms with Gasteiger partial charge in [0.2, 0.25) is 5.82 Å². The zero-order valence-corrected chi connectivity index (χ0v) is 11.4. The second-order valence-corrected chi connectivity index (χ2v) is 4.50. The minimum atomic E-state index is -0.727. The van der Waals surface area contributed by atoms with Crippen LogP contribution in [0.4, 0.5) is 11.4 Å². The van der Waals surface area contributed by atoms with Crippen LogP contribution < -0.4 is 0 Å². The molecule has 9 heteroatoms. The highest BCUT2D eigenvalue weighted by molar-refractivity contribution is 5.70. The van der Waals surface area contributed by atoms with Gasteiger partial charge in [-0.05, 0) is 6.07 Å². The van der Waals surface area contributed by atoms with Crippen LogP contribution in [-0.2, 0) is 0 Å². The summed E-state index contributed by atoms with van der Waals surface area (Å²) < 4.78 is 5.06. The lowest BCUT2D eigenvalue weighted by Gasteiger charge is -1.98. The van der Waals surface area contributed by atoms with Gasteiger partial charge in [-0.2, -0.15) is 4.98 Å². The first-order valence-electron chi connectivity index (χ1n) is 6.38. The molecule has 3 rings (SSSR count). The third-order valence-corrected chi connectivity index (χ3v) is 3.08. The Bertz CT molecular complexity index is 891. The summed E-state index contributed by atoms with van der Waals surface area (Å²) in [6.07, 6.45) is 0. The fourth-order valence-corrected chi connectivity index (χ4v) is 2.00. The van der Waals surface area contributed by atoms with Crippen molar-refractivity contribution in [3.8, 4) is 22.8 Å². The van der Waals surface area contributed by atoms with Gasteiger partial charge in [0.25, 0.3) is 17.3 Å². The van der Waals surface area contributed by atoms with Crippen molar-refractivity contribution in [3.63, 3.8) is 0 Å². The van der Waals surface area contributed by atoms with Crippen molar-refractivity contribution >= 4 is 11.4 Å². The number of non-ortho nitro benzene ring substituents is 1. The molecule has 3 aromatic rings. The van der Waals surface area contributed by atoms with Crippen molar-refractivity contribution in [2.24, 2.45) is 0 Å². The summed E-state index contributed by atoms with van der Waals surface area (Å²) in [6.45, 7) is 0. The van der Waals surface area contributed by atoms with Gasteiger partial charge in [-0.25, -0.2) is 0 Å². The Morgan fingerprint density at radius 1 is 0.957 bits per heavy atom. The summed E-state index contributed by atoms with van der Waals surface area (Å²) >= 11 is 0. The number of benzene rings is 2. The molecule has 1 heterocycles. The zero-order valence-electron chi connectivity index (χ0n) is 11.4. The third-order valence-electron chi connectivity index (χ3n) is 3.08. The van der Waals surface area contributed by atoms with Gasteiger partial charge >= 0.3 is 0 Å². The summed E-state index contributed by atoms with van der Waals surface area (Å²) in [6, 6.07) is 12.2. The van der Waals surface area contributed by atoms with Crippen LogP contribution in [0.2, 0.25) is 0 Å². The number of nitro groups is 2. The highest BCUT2D eigenvalue weighted by Gasteiger charge is 2.24. The quantitative estimate of drug-likeness (QED) is 0.534. The normalized spacial score (nSPS) is 10.4. The summed E-state index contributed by atoms with van der Waals surface area (Å²) in [5, 5.41) is 25.7. The van der Waals surface area contributed by atoms with E-state index in [0.717, 1.165) is 12.1 Å². The van der Waals surface area contributed by atoms with Crippen LogP contribution in [-0.4, -0.2) is 20.0 Å². The molecule has 0 spiro atoms. The van der Waals surface area contributed by atoms with Gasteiger partial charge in [-0.15, -0.1) is 0 Å². The van der Waals surface area contributed by atoms with E-state index in [4.69, 9.17) is 4.52 Å². The van der Waals surface area contributed by atoms with Crippen LogP contribution in [0.25, 0.3) is 22.8 Å². The number of aromatic nitrogens is 2. The summed E-state index contributed by atoms with van der Waals surface area (Å²) in [5.41, 5.74) is -0.145. The maximum Gasteiger partial charge on any atom is 0.289 e. The molecule has 0 aliphatic carbocycles. The second kappa shape index (κ2) is 5.64. The first-order valence-corrected chi connectivity index (χ1v) is 6.38. The van der Waals surface area contributed by atoms with E-state index in [-0.39, 0.29) is 23.0 Å². The fraction of sp³-hybridized carbons (Fsp3) is 0. The molecular formula is C14H8N4O5. The molecule has 2 aromatic carbocycles. The zero-order chi connectivity index (χ0) is 16.4. The lowest BCUT2D eigenvalue weighted by atomic mass is 10.1. The Morgan fingerprint density at radius 3 is 2.35 bits per heavy atom. The standard InChI is InChI=1S/C14H8N4O5/c19-17(20)10-6-7-11(12(8-10)18(21)22)14-15-13(16-23-14)9-4-2-1-3-5-9/h1-8H. The average Bonchev–Trinajstić information content (AvgIpc) is 3.04. The van der Waals surface area contributed by atoms with Crippen molar-refractivity contribution in [1.29, 1.82) is 0 Å². The van der Waals surface area contributed by atoms with Crippen molar-refractivity contribution in [1.82, 2.24) is 10.1 Å². The van der Waals surface area contributed by atoms with E-state index in [1.807, 2.05) is 6.07 Å². The molecule has 0 aliphatic heterocycles. The van der Waals surface area contributed by atoms with Gasteiger partial charge in [0.1, 0.15) is 5.56 Å². The van der Waals surface area contributed by atoms with Crippen molar-refractivity contribution in [2.75, 3.05) is 0 Å². The molecule has 9 nitrogen and oxygen atoms in total. The first kappa shape index (κ1) is 14.3. The van der Waals surface area contributed by atoms with Gasteiger partial charge in [0.05, 0.1) is 15.9 Å². The van der Waals surface area contributed by atoms with Gasteiger partial charge < -0.3 is 4.52 Å². The molecule has 0 saturated carbocycles. The van der Waals surface area contributed by atoms with Crippen LogP contribution in [0, 0.1) is 20.2 Å². The Balaban J connectivity index is 2.07. The summed E-state index contributed by atoms with van der Waals surface area (Å²) in [7, 11) is 0. The highest BCUT2D eigenvalue weighted by atomic mass is 16.6. The molecule has 0 bridgehead atoms. The molecule has 0 radical (unpaired) electrons. The number of rotatable bonds is 4. The third kappa shape index (κ3) is 2.75. The highest BCUT2D eigenvalue weighted by Crippen LogP contribution is 2.33. The minimum Gasteiger partial charge on any atom is -0.333 e. The van der Waals surface area contributed by atoms with E-state index >= 15 is 0 Å². The Labute approximate surface area is 128 Å². The maximum atomic E-state index is 11.1. The molecule has 0 aliphatic rings. The second-order valence-electron chi connectivity index (χ2n) is 4.50. The Kier molecular flexibility index (Phi) is 3.51. The van der Waals surface area contributed by atoms with Gasteiger partial charge in [-0.3, -0.25) is 20.2 Å². The molecule has 1 aromatic heterocycles. The molecule has 0 fully saturated rings. The van der Waals surface area contributed by atoms with Crippen LogP contribution >= 0.6 is 0 Å². The number of hydrogen-bond donors (Lipinski definition) is 0. The van der Waals surface area contributed by atoms with E-state index in [1.165, 1.54) is 6.07 Å². The van der Waals surface area contributed by atoms with E-state index in [9.17, 15) is 20.2 Å². The van der Waals surface area contributed by atoms with Crippen molar-refractivity contribution < 1.29 is 14.4 Å². The molecule has 0 N–H and O–H groups in total. The van der Waals surface area contributed by atoms with Crippen molar-refractivity contribution in [3.05, 3.63) is 68.8 Å². The fourth-order valence-electron chi connectivity index (χ4n) is 2.00. The Hall–Kier alpha value is -3.62. The largest absolute Gasteiger partial charge is 0.333 e. The SMILES string of the molecule is O=[N+]([O-])c1ccc(-c2nc(-c3ccccc3)no2)c([N+](=O)[O-])c1. The van der Waals surface area contributed by atoms with E-state index in [0.29, 0.717) is 5.56 Å². The molecule has 114 valence electrons. The lowest BCUT2D eigenvalue weighted by molar-refractivity contribution is -0.393. The van der Waals surface area contributed by atoms with Gasteiger partial charge in [0, 0.05) is 11.6 Å². The van der Waals surface area contributed by atoms with Crippen LogP contribution in [0.1, 0.15) is 0 Å². The predicted molar refractivity (Wildman–Crippen MR) is 78.5 cm³/mol. The van der Waals surface area contributed by atoms with Gasteiger partial charge in [-0.1, -0.05) is 35.5 Å². The topological polar surface area (TPSA) is 125 Å². The molecule has 0 atom stereocenters. The first-order chi connectivity index (χ1) is 11.1. The predicted octanol–water partition coefficient (Wildman–Crippen LogP) is 3.22. The minimum absolute atomic E-state index is 0.0234. The smallest absolute Gasteiger partial charge is 0.289 e. The van der Waals surface area contributed by atoms with E-state index in [1.54, 1.807) is 24.3 Å². The molecule has 0 amide bonds. The van der Waals surface area contributed by atoms with E-state index in [2.05, 4.69) is 10.1 Å². The maximum absolute atomic E-state index is 11.1. The Morgan fingerprint density at radius 2 is 1.70 bits per heavy atom. The van der Waals surface area contributed by atoms with Crippen LogP contribution in [0.3, 0.4) is 0 Å². The van der Waals surface area contributed by atoms with Crippen LogP contribution in [0.5, 0.6) is 0 Å². The molecular weight excluding hydrogens is 304 g/mol. The average molecular weight is 312 g/mol. The summed E-state index contributed by atoms with van der Waals surface area (Å²) in [4.78, 5) is 24.6. The monoisotopic (exact) mass is 312 g/mol. The number of hydrogen-bond acceptors (Lipinski definition) is 7. The molecule has 0 saturated heterocycles. The summed E-state index contributed by atoms with van der Waals surface area (Å²) in [5.74, 6) is 0.193. The molecule has 0 unspecified atom stereocenters. The lowest BCUT2D eigenvalue weighted by Crippen LogP contribution is -1.95. The molecule has 23 heavy (non-hydrogen) atoms. The van der Waals surface area contributed by atoms with Crippen LogP contribution in [0.15, 0.2) is 53.1 Å². The van der Waals surface area contributed by atoms with E-state index < -0.39 is 15.5 Å². The number of nitro benzene ring substituents is 2. The van der Waals surface area contributed by atoms with Gasteiger partial charge in [0.15, 0.2) is 0 Å². The van der Waals surface area contributed by atoms with Crippen molar-refractivity contribution in [2.45, 2.75) is 0 Å². The number of nitrogens with zero attached hydrogens (tertiary/aromatic N) is 4.